The summed E-state index contributed by atoms with van der Waals surface area (Å²) in [4.78, 5) is 15.2. The summed E-state index contributed by atoms with van der Waals surface area (Å²) in [6.07, 6.45) is -1.09. The van der Waals surface area contributed by atoms with Gasteiger partial charge in [0, 0.05) is 37.0 Å². The lowest BCUT2D eigenvalue weighted by molar-refractivity contribution is -0.137. The lowest BCUT2D eigenvalue weighted by Crippen LogP contribution is -2.36. The molecule has 9 nitrogen and oxygen atoms in total. The van der Waals surface area contributed by atoms with Gasteiger partial charge in [-0.3, -0.25) is 9.48 Å². The van der Waals surface area contributed by atoms with E-state index < -0.39 is 17.6 Å². The third-order valence-electron chi connectivity index (χ3n) is 6.65. The molecule has 2 aromatic heterocycles. The Balaban J connectivity index is 1.45. The number of nitrogens with one attached hydrogen (secondary N) is 1. The van der Waals surface area contributed by atoms with Crippen molar-refractivity contribution < 1.29 is 22.7 Å². The molecule has 1 amide bonds. The predicted molar refractivity (Wildman–Crippen MR) is 135 cm³/mol. The van der Waals surface area contributed by atoms with Crippen LogP contribution in [0, 0.1) is 13.8 Å². The molecule has 1 aliphatic rings. The summed E-state index contributed by atoms with van der Waals surface area (Å²) in [5, 5.41) is 15.4. The highest BCUT2D eigenvalue weighted by Gasteiger charge is 2.32. The predicted octanol–water partition coefficient (Wildman–Crippen LogP) is 4.39. The van der Waals surface area contributed by atoms with Crippen molar-refractivity contribution in [3.05, 3.63) is 71.2 Å². The molecule has 3 heterocycles. The van der Waals surface area contributed by atoms with Gasteiger partial charge < -0.3 is 15.0 Å². The van der Waals surface area contributed by atoms with E-state index in [0.717, 1.165) is 29.0 Å². The lowest BCUT2D eigenvalue weighted by Gasteiger charge is -2.31. The summed E-state index contributed by atoms with van der Waals surface area (Å²) in [6.45, 7) is 5.72. The Morgan fingerprint density at radius 1 is 1.05 bits per heavy atom. The Morgan fingerprint density at radius 3 is 2.50 bits per heavy atom. The maximum atomic E-state index is 13.5. The van der Waals surface area contributed by atoms with E-state index in [-0.39, 0.29) is 11.3 Å². The molecule has 1 saturated heterocycles. The van der Waals surface area contributed by atoms with E-state index in [1.54, 1.807) is 40.0 Å². The van der Waals surface area contributed by atoms with E-state index in [2.05, 4.69) is 20.7 Å². The van der Waals surface area contributed by atoms with E-state index in [4.69, 9.17) is 4.74 Å². The molecule has 1 N–H and O–H groups in total. The van der Waals surface area contributed by atoms with E-state index >= 15 is 0 Å². The Labute approximate surface area is 216 Å². The Hall–Kier alpha value is -4.19. The van der Waals surface area contributed by atoms with Crippen LogP contribution in [0.5, 0.6) is 0 Å². The minimum absolute atomic E-state index is 0.0870. The second kappa shape index (κ2) is 9.93. The van der Waals surface area contributed by atoms with Gasteiger partial charge in [0.15, 0.2) is 0 Å². The monoisotopic (exact) mass is 525 g/mol. The fraction of sp³-hybridized carbons (Fsp3) is 0.308. The van der Waals surface area contributed by atoms with Crippen molar-refractivity contribution in [2.45, 2.75) is 20.0 Å². The number of amides is 1. The highest BCUT2D eigenvalue weighted by Crippen LogP contribution is 2.36. The van der Waals surface area contributed by atoms with E-state index in [1.807, 2.05) is 25.8 Å². The van der Waals surface area contributed by atoms with E-state index in [0.29, 0.717) is 43.4 Å². The molecule has 0 radical (unpaired) electrons. The van der Waals surface area contributed by atoms with Gasteiger partial charge in [-0.1, -0.05) is 11.3 Å². The molecule has 38 heavy (non-hydrogen) atoms. The topological polar surface area (TPSA) is 90.1 Å². The minimum Gasteiger partial charge on any atom is -0.378 e. The number of halogens is 3. The largest absolute Gasteiger partial charge is 0.416 e. The van der Waals surface area contributed by atoms with Crippen LogP contribution in [0.1, 0.15) is 27.2 Å². The fourth-order valence-electron chi connectivity index (χ4n) is 4.34. The third-order valence-corrected chi connectivity index (χ3v) is 6.65. The molecular formula is C26H26F3N7O2. The summed E-state index contributed by atoms with van der Waals surface area (Å²) < 4.78 is 49.1. The molecule has 12 heteroatoms. The van der Waals surface area contributed by atoms with Crippen molar-refractivity contribution in [2.24, 2.45) is 7.05 Å². The molecule has 1 aliphatic heterocycles. The molecule has 0 spiro atoms. The number of hydrogen-bond acceptors (Lipinski definition) is 6. The zero-order chi connectivity index (χ0) is 27.0. The van der Waals surface area contributed by atoms with Crippen molar-refractivity contribution in [1.29, 1.82) is 0 Å². The van der Waals surface area contributed by atoms with Crippen LogP contribution in [0.4, 0.5) is 24.5 Å². The molecule has 0 atom stereocenters. The van der Waals surface area contributed by atoms with Gasteiger partial charge in [0.25, 0.3) is 5.91 Å². The summed E-state index contributed by atoms with van der Waals surface area (Å²) in [5.74, 6) is -0.538. The van der Waals surface area contributed by atoms with Gasteiger partial charge in [0.2, 0.25) is 0 Å². The number of nitrogens with zero attached hydrogens (tertiary/aromatic N) is 6. The van der Waals surface area contributed by atoms with Crippen molar-refractivity contribution in [2.75, 3.05) is 36.5 Å². The van der Waals surface area contributed by atoms with Crippen LogP contribution in [0.3, 0.4) is 0 Å². The van der Waals surface area contributed by atoms with Crippen LogP contribution in [-0.2, 0) is 18.0 Å². The summed E-state index contributed by atoms with van der Waals surface area (Å²) >= 11 is 0. The standard InChI is InChI=1S/C26H26F3N7O2/c1-16-4-5-18(12-24(16)36-15-22(32-33-36)20-14-30-34(3)17(20)2)25(37)31-21-13-19(26(27,28)29)6-7-23(21)35-8-10-38-11-9-35/h4-7,12-15H,8-11H2,1-3H3,(H,31,37). The second-order valence-electron chi connectivity index (χ2n) is 9.10. The first-order chi connectivity index (χ1) is 18.1. The number of alkyl halides is 3. The van der Waals surface area contributed by atoms with Crippen LogP contribution in [-0.4, -0.2) is 57.0 Å². The van der Waals surface area contributed by atoms with Crippen molar-refractivity contribution in [3.8, 4) is 16.9 Å². The van der Waals surface area contributed by atoms with Crippen LogP contribution in [0.15, 0.2) is 48.8 Å². The quantitative estimate of drug-likeness (QED) is 0.416. The minimum atomic E-state index is -4.54. The zero-order valence-electron chi connectivity index (χ0n) is 21.1. The van der Waals surface area contributed by atoms with Crippen molar-refractivity contribution >= 4 is 17.3 Å². The molecule has 5 rings (SSSR count). The van der Waals surface area contributed by atoms with Gasteiger partial charge in [-0.2, -0.15) is 18.3 Å². The SMILES string of the molecule is Cc1ccc(C(=O)Nc2cc(C(F)(F)F)ccc2N2CCOCC2)cc1-n1cc(-c2cnn(C)c2C)nn1. The number of benzene rings is 2. The van der Waals surface area contributed by atoms with Gasteiger partial charge in [0.05, 0.1) is 48.2 Å². The molecule has 2 aromatic carbocycles. The lowest BCUT2D eigenvalue weighted by atomic mass is 10.1. The number of morpholine rings is 1. The second-order valence-corrected chi connectivity index (χ2v) is 9.10. The molecule has 0 unspecified atom stereocenters. The van der Waals surface area contributed by atoms with E-state index in [9.17, 15) is 18.0 Å². The molecule has 4 aromatic rings. The third kappa shape index (κ3) is 4.99. The van der Waals surface area contributed by atoms with Gasteiger partial charge in [-0.15, -0.1) is 5.10 Å². The van der Waals surface area contributed by atoms with Crippen molar-refractivity contribution in [1.82, 2.24) is 24.8 Å². The smallest absolute Gasteiger partial charge is 0.378 e. The molecule has 0 saturated carbocycles. The first-order valence-electron chi connectivity index (χ1n) is 12.0. The van der Waals surface area contributed by atoms with Crippen molar-refractivity contribution in [3.63, 3.8) is 0 Å². The molecule has 0 aliphatic carbocycles. The normalized spacial score (nSPS) is 14.1. The Bertz CT molecular complexity index is 1490. The highest BCUT2D eigenvalue weighted by molar-refractivity contribution is 6.06. The number of rotatable bonds is 5. The number of ether oxygens (including phenoxy) is 1. The zero-order valence-corrected chi connectivity index (χ0v) is 21.1. The average molecular weight is 526 g/mol. The Kier molecular flexibility index (Phi) is 6.66. The number of carbonyl (C=O) groups is 1. The number of aryl methyl sites for hydroxylation is 2. The number of hydrogen-bond donors (Lipinski definition) is 1. The van der Waals surface area contributed by atoms with Gasteiger partial charge in [-0.25, -0.2) is 4.68 Å². The first-order valence-corrected chi connectivity index (χ1v) is 12.0. The maximum Gasteiger partial charge on any atom is 0.416 e. The van der Waals surface area contributed by atoms with Gasteiger partial charge in [-0.05, 0) is 49.7 Å². The maximum absolute atomic E-state index is 13.5. The average Bonchev–Trinajstić information content (AvgIpc) is 3.51. The number of aromatic nitrogens is 5. The molecule has 1 fully saturated rings. The van der Waals surface area contributed by atoms with Gasteiger partial charge in [0.1, 0.15) is 5.69 Å². The summed E-state index contributed by atoms with van der Waals surface area (Å²) in [6, 6.07) is 8.41. The molecular weight excluding hydrogens is 499 g/mol. The summed E-state index contributed by atoms with van der Waals surface area (Å²) in [5.41, 5.74) is 3.89. The highest BCUT2D eigenvalue weighted by atomic mass is 19.4. The van der Waals surface area contributed by atoms with Crippen LogP contribution >= 0.6 is 0 Å². The Morgan fingerprint density at radius 2 is 1.82 bits per heavy atom. The van der Waals surface area contributed by atoms with Crippen LogP contribution in [0.25, 0.3) is 16.9 Å². The number of anilines is 2. The number of carbonyl (C=O) groups excluding carboxylic acids is 1. The molecule has 0 bridgehead atoms. The van der Waals surface area contributed by atoms with Crippen LogP contribution in [0.2, 0.25) is 0 Å². The fourth-order valence-corrected chi connectivity index (χ4v) is 4.34. The van der Waals surface area contributed by atoms with Gasteiger partial charge >= 0.3 is 6.18 Å². The van der Waals surface area contributed by atoms with E-state index in [1.165, 1.54) is 6.07 Å². The first kappa shape index (κ1) is 25.5. The summed E-state index contributed by atoms with van der Waals surface area (Å²) in [7, 11) is 1.84. The molecule has 198 valence electrons. The van der Waals surface area contributed by atoms with Crippen LogP contribution < -0.4 is 10.2 Å².